The number of benzene rings is 2. The second kappa shape index (κ2) is 9.22. The molecule has 0 fully saturated rings. The van der Waals surface area contributed by atoms with Crippen molar-refractivity contribution in [2.45, 2.75) is 32.7 Å². The van der Waals surface area contributed by atoms with Crippen LogP contribution in [-0.2, 0) is 6.54 Å². The Balaban J connectivity index is 2.12. The number of carbonyl (C=O) groups excluding carboxylic acids is 1. The highest BCUT2D eigenvalue weighted by Crippen LogP contribution is 2.32. The van der Waals surface area contributed by atoms with E-state index in [1.54, 1.807) is 6.92 Å². The van der Waals surface area contributed by atoms with Crippen molar-refractivity contribution < 1.29 is 31.5 Å². The topological polar surface area (TPSA) is 78.2 Å². The largest absolute Gasteiger partial charge is 0.480 e. The van der Waals surface area contributed by atoms with Gasteiger partial charge < -0.3 is 10.1 Å². The van der Waals surface area contributed by atoms with Crippen LogP contribution in [-0.4, -0.2) is 32.5 Å². The summed E-state index contributed by atoms with van der Waals surface area (Å²) < 4.78 is 74.8. The van der Waals surface area contributed by atoms with E-state index in [0.717, 1.165) is 23.0 Å². The summed E-state index contributed by atoms with van der Waals surface area (Å²) in [6.45, 7) is 2.51. The Morgan fingerprint density at radius 2 is 1.94 bits per heavy atom. The van der Waals surface area contributed by atoms with Crippen molar-refractivity contribution in [2.75, 3.05) is 5.32 Å². The number of amides is 1. The van der Waals surface area contributed by atoms with Crippen LogP contribution >= 0.6 is 11.6 Å². The molecule has 0 aliphatic carbocycles. The van der Waals surface area contributed by atoms with Crippen LogP contribution < -0.4 is 15.7 Å². The lowest BCUT2D eigenvalue weighted by Crippen LogP contribution is -2.32. The van der Waals surface area contributed by atoms with Gasteiger partial charge in [0.25, 0.3) is 5.91 Å². The quantitative estimate of drug-likeness (QED) is 0.514. The van der Waals surface area contributed by atoms with Gasteiger partial charge in [0.15, 0.2) is 6.10 Å². The number of hydrogen-bond donors (Lipinski definition) is 1. The molecule has 0 spiro atoms. The second-order valence-electron chi connectivity index (χ2n) is 6.76. The maximum Gasteiger partial charge on any atom is 0.425 e. The predicted octanol–water partition coefficient (Wildman–Crippen LogP) is 4.57. The van der Waals surface area contributed by atoms with E-state index in [9.17, 15) is 31.5 Å². The number of hydrogen-bond acceptors (Lipinski definition) is 4. The minimum atomic E-state index is -4.82. The maximum absolute atomic E-state index is 14.9. The van der Waals surface area contributed by atoms with Crippen LogP contribution in [0.1, 0.15) is 24.2 Å². The molecule has 0 saturated carbocycles. The van der Waals surface area contributed by atoms with Crippen LogP contribution in [0.4, 0.5) is 27.6 Å². The number of rotatable bonds is 6. The van der Waals surface area contributed by atoms with Crippen molar-refractivity contribution in [1.29, 1.82) is 0 Å². The SMILES string of the molecule is CCn1cnn(-c2cc(O[C@@H](C)C(F)(F)F)c(C(=O)Nc3c(F)cccc3Cl)cc2F)c1=O. The summed E-state index contributed by atoms with van der Waals surface area (Å²) in [5.74, 6) is -3.98. The van der Waals surface area contributed by atoms with E-state index < -0.39 is 58.2 Å². The number of carbonyl (C=O) groups is 1. The van der Waals surface area contributed by atoms with Crippen LogP contribution in [0.25, 0.3) is 5.69 Å². The third-order valence-electron chi connectivity index (χ3n) is 4.56. The number of alkyl halides is 3. The molecule has 1 aromatic heterocycles. The number of ether oxygens (including phenoxy) is 1. The second-order valence-corrected chi connectivity index (χ2v) is 7.17. The van der Waals surface area contributed by atoms with E-state index in [-0.39, 0.29) is 11.6 Å². The minimum absolute atomic E-state index is 0.191. The first-order valence-corrected chi connectivity index (χ1v) is 9.79. The first-order valence-electron chi connectivity index (χ1n) is 9.41. The van der Waals surface area contributed by atoms with Gasteiger partial charge >= 0.3 is 11.9 Å². The smallest absolute Gasteiger partial charge is 0.425 e. The highest BCUT2D eigenvalue weighted by atomic mass is 35.5. The molecule has 13 heteroatoms. The number of nitrogens with zero attached hydrogens (tertiary/aromatic N) is 3. The van der Waals surface area contributed by atoms with Crippen LogP contribution in [0.3, 0.4) is 0 Å². The van der Waals surface area contributed by atoms with Crippen LogP contribution in [0.5, 0.6) is 5.75 Å². The van der Waals surface area contributed by atoms with Crippen molar-refractivity contribution in [3.05, 3.63) is 69.4 Å². The van der Waals surface area contributed by atoms with E-state index in [0.29, 0.717) is 17.7 Å². The van der Waals surface area contributed by atoms with Gasteiger partial charge in [-0.25, -0.2) is 13.6 Å². The number of nitrogens with one attached hydrogen (secondary N) is 1. The summed E-state index contributed by atoms with van der Waals surface area (Å²) in [4.78, 5) is 25.1. The Labute approximate surface area is 188 Å². The van der Waals surface area contributed by atoms with Crippen LogP contribution in [0.2, 0.25) is 5.02 Å². The van der Waals surface area contributed by atoms with Crippen molar-refractivity contribution in [3.63, 3.8) is 0 Å². The van der Waals surface area contributed by atoms with E-state index in [2.05, 4.69) is 10.4 Å². The third-order valence-corrected chi connectivity index (χ3v) is 4.88. The first-order chi connectivity index (χ1) is 15.4. The molecule has 0 unspecified atom stereocenters. The molecule has 1 amide bonds. The van der Waals surface area contributed by atoms with Crippen molar-refractivity contribution in [2.24, 2.45) is 0 Å². The van der Waals surface area contributed by atoms with Gasteiger partial charge in [-0.3, -0.25) is 9.36 Å². The normalized spacial score (nSPS) is 12.5. The molecule has 1 N–H and O–H groups in total. The Bertz CT molecular complexity index is 1240. The molecule has 3 aromatic rings. The lowest BCUT2D eigenvalue weighted by molar-refractivity contribution is -0.189. The number of aromatic nitrogens is 3. The summed E-state index contributed by atoms with van der Waals surface area (Å²) in [5.41, 5.74) is -2.45. The Morgan fingerprint density at radius 3 is 2.52 bits per heavy atom. The standard InChI is InChI=1S/C20H16ClF5N4O3/c1-3-29-9-27-30(19(29)32)15-8-16(33-10(2)20(24,25)26)11(7-14(15)23)18(31)28-17-12(21)5-4-6-13(17)22/h4-10H,3H2,1-2H3,(H,28,31)/t10-/m0/s1. The molecule has 0 saturated heterocycles. The monoisotopic (exact) mass is 490 g/mol. The zero-order valence-electron chi connectivity index (χ0n) is 17.1. The fraction of sp³-hybridized carbons (Fsp3) is 0.250. The molecule has 0 aliphatic rings. The highest BCUT2D eigenvalue weighted by molar-refractivity contribution is 6.34. The fourth-order valence-electron chi connectivity index (χ4n) is 2.75. The molecule has 3 rings (SSSR count). The number of halogens is 6. The minimum Gasteiger partial charge on any atom is -0.480 e. The molecule has 2 aromatic carbocycles. The van der Waals surface area contributed by atoms with E-state index in [4.69, 9.17) is 16.3 Å². The number of para-hydroxylation sites is 1. The molecule has 7 nitrogen and oxygen atoms in total. The Morgan fingerprint density at radius 1 is 1.24 bits per heavy atom. The number of aryl methyl sites for hydroxylation is 1. The average Bonchev–Trinajstić information content (AvgIpc) is 3.11. The summed E-state index contributed by atoms with van der Waals surface area (Å²) in [5, 5.41) is 5.64. The zero-order chi connectivity index (χ0) is 24.5. The lowest BCUT2D eigenvalue weighted by Gasteiger charge is -2.20. The van der Waals surface area contributed by atoms with Gasteiger partial charge in [-0.1, -0.05) is 17.7 Å². The van der Waals surface area contributed by atoms with Crippen molar-refractivity contribution >= 4 is 23.2 Å². The molecule has 0 radical (unpaired) electrons. The van der Waals surface area contributed by atoms with Gasteiger partial charge in [-0.05, 0) is 32.0 Å². The zero-order valence-corrected chi connectivity index (χ0v) is 17.8. The van der Waals surface area contributed by atoms with Gasteiger partial charge in [-0.2, -0.15) is 23.0 Å². The Kier molecular flexibility index (Phi) is 6.77. The van der Waals surface area contributed by atoms with Crippen LogP contribution in [0.15, 0.2) is 41.5 Å². The van der Waals surface area contributed by atoms with Crippen molar-refractivity contribution in [3.8, 4) is 11.4 Å². The van der Waals surface area contributed by atoms with E-state index >= 15 is 0 Å². The molecule has 0 aliphatic heterocycles. The first kappa shape index (κ1) is 24.2. The Hall–Kier alpha value is -3.41. The molecular weight excluding hydrogens is 475 g/mol. The van der Waals surface area contributed by atoms with Gasteiger partial charge in [0.2, 0.25) is 0 Å². The molecule has 1 atom stereocenters. The predicted molar refractivity (Wildman–Crippen MR) is 109 cm³/mol. The average molecular weight is 491 g/mol. The van der Waals surface area contributed by atoms with E-state index in [1.807, 2.05) is 0 Å². The van der Waals surface area contributed by atoms with Gasteiger partial charge in [0.05, 0.1) is 16.3 Å². The highest BCUT2D eigenvalue weighted by Gasteiger charge is 2.39. The molecule has 176 valence electrons. The van der Waals surface area contributed by atoms with Crippen LogP contribution in [0, 0.1) is 11.6 Å². The van der Waals surface area contributed by atoms with E-state index in [1.165, 1.54) is 12.1 Å². The molecule has 1 heterocycles. The van der Waals surface area contributed by atoms with Crippen molar-refractivity contribution in [1.82, 2.24) is 14.3 Å². The molecule has 0 bridgehead atoms. The van der Waals surface area contributed by atoms with Gasteiger partial charge in [0.1, 0.15) is 29.4 Å². The summed E-state index contributed by atoms with van der Waals surface area (Å²) in [6.07, 6.45) is -6.11. The van der Waals surface area contributed by atoms with Gasteiger partial charge in [-0.15, -0.1) is 0 Å². The maximum atomic E-state index is 14.9. The fourth-order valence-corrected chi connectivity index (χ4v) is 2.96. The summed E-state index contributed by atoms with van der Waals surface area (Å²) in [7, 11) is 0. The van der Waals surface area contributed by atoms with Gasteiger partial charge in [0, 0.05) is 12.6 Å². The summed E-state index contributed by atoms with van der Waals surface area (Å²) in [6, 6.07) is 4.84. The third kappa shape index (κ3) is 5.00. The lowest BCUT2D eigenvalue weighted by atomic mass is 10.1. The molecule has 33 heavy (non-hydrogen) atoms. The number of anilines is 1. The summed E-state index contributed by atoms with van der Waals surface area (Å²) >= 11 is 5.86. The molecular formula is C20H16ClF5N4O3.